The highest BCUT2D eigenvalue weighted by molar-refractivity contribution is 9.10. The van der Waals surface area contributed by atoms with Crippen LogP contribution >= 0.6 is 27.5 Å². The van der Waals surface area contributed by atoms with Crippen molar-refractivity contribution in [1.82, 2.24) is 4.31 Å². The summed E-state index contributed by atoms with van der Waals surface area (Å²) < 4.78 is 26.6. The maximum atomic E-state index is 12.4. The monoisotopic (exact) mass is 367 g/mol. The summed E-state index contributed by atoms with van der Waals surface area (Å²) in [7, 11) is -3.88. The van der Waals surface area contributed by atoms with E-state index in [1.165, 1.54) is 12.1 Å². The molecule has 0 amide bonds. The van der Waals surface area contributed by atoms with E-state index in [1.54, 1.807) is 6.07 Å². The molecule has 1 saturated carbocycles. The van der Waals surface area contributed by atoms with Crippen LogP contribution in [0.15, 0.2) is 27.6 Å². The van der Waals surface area contributed by atoms with Gasteiger partial charge < -0.3 is 5.11 Å². The topological polar surface area (TPSA) is 74.7 Å². The van der Waals surface area contributed by atoms with Crippen LogP contribution in [-0.2, 0) is 14.8 Å². The molecule has 19 heavy (non-hydrogen) atoms. The van der Waals surface area contributed by atoms with E-state index in [-0.39, 0.29) is 16.0 Å². The highest BCUT2D eigenvalue weighted by Gasteiger charge is 2.40. The number of rotatable bonds is 5. The average Bonchev–Trinajstić information content (AvgIpc) is 3.08. The second-order valence-corrected chi connectivity index (χ2v) is 7.43. The molecule has 0 atom stereocenters. The second-order valence-electron chi connectivity index (χ2n) is 4.25. The van der Waals surface area contributed by atoms with Crippen LogP contribution in [0.1, 0.15) is 12.8 Å². The molecule has 0 unspecified atom stereocenters. The third-order valence-electron chi connectivity index (χ3n) is 2.73. The molecule has 0 radical (unpaired) electrons. The Hall–Kier alpha value is -0.630. The number of hydrogen-bond donors (Lipinski definition) is 1. The summed E-state index contributed by atoms with van der Waals surface area (Å²) in [5.41, 5.74) is 0. The summed E-state index contributed by atoms with van der Waals surface area (Å²) in [6, 6.07) is 4.17. The van der Waals surface area contributed by atoms with Gasteiger partial charge in [-0.1, -0.05) is 27.5 Å². The second kappa shape index (κ2) is 5.40. The van der Waals surface area contributed by atoms with Crippen molar-refractivity contribution in [1.29, 1.82) is 0 Å². The van der Waals surface area contributed by atoms with Crippen molar-refractivity contribution >= 4 is 43.5 Å². The van der Waals surface area contributed by atoms with Crippen LogP contribution in [0.3, 0.4) is 0 Å². The average molecular weight is 369 g/mol. The molecule has 104 valence electrons. The molecule has 2 rings (SSSR count). The van der Waals surface area contributed by atoms with E-state index in [0.29, 0.717) is 17.3 Å². The Kier molecular flexibility index (Phi) is 4.20. The zero-order valence-corrected chi connectivity index (χ0v) is 12.9. The molecular weight excluding hydrogens is 358 g/mol. The third-order valence-corrected chi connectivity index (χ3v) is 5.60. The van der Waals surface area contributed by atoms with Gasteiger partial charge in [-0.3, -0.25) is 4.79 Å². The number of hydrogen-bond acceptors (Lipinski definition) is 3. The van der Waals surface area contributed by atoms with E-state index < -0.39 is 22.5 Å². The van der Waals surface area contributed by atoms with Gasteiger partial charge in [-0.05, 0) is 31.0 Å². The predicted octanol–water partition coefficient (Wildman–Crippen LogP) is 2.34. The van der Waals surface area contributed by atoms with E-state index in [2.05, 4.69) is 15.9 Å². The standard InChI is InChI=1S/C11H11BrClNO4S/c12-7-1-4-10(9(13)5-7)19(17,18)14(6-11(15)16)8-2-3-8/h1,4-5,8H,2-3,6H2,(H,15,16). The maximum absolute atomic E-state index is 12.4. The van der Waals surface area contributed by atoms with E-state index >= 15 is 0 Å². The smallest absolute Gasteiger partial charge is 0.318 e. The summed E-state index contributed by atoms with van der Waals surface area (Å²) in [6.07, 6.45) is 1.36. The molecule has 0 bridgehead atoms. The number of carboxylic acids is 1. The van der Waals surface area contributed by atoms with Crippen LogP contribution in [0, 0.1) is 0 Å². The van der Waals surface area contributed by atoms with Gasteiger partial charge in [0.2, 0.25) is 10.0 Å². The zero-order chi connectivity index (χ0) is 14.2. The quantitative estimate of drug-likeness (QED) is 0.865. The first-order valence-corrected chi connectivity index (χ1v) is 8.12. The van der Waals surface area contributed by atoms with Crippen LogP contribution in [-0.4, -0.2) is 36.4 Å². The fourth-order valence-electron chi connectivity index (χ4n) is 1.72. The van der Waals surface area contributed by atoms with Gasteiger partial charge in [-0.15, -0.1) is 0 Å². The molecule has 0 spiro atoms. The Balaban J connectivity index is 2.41. The van der Waals surface area contributed by atoms with Crippen molar-refractivity contribution in [3.05, 3.63) is 27.7 Å². The molecule has 1 aliphatic rings. The van der Waals surface area contributed by atoms with Crippen LogP contribution < -0.4 is 0 Å². The van der Waals surface area contributed by atoms with E-state index in [9.17, 15) is 13.2 Å². The highest BCUT2D eigenvalue weighted by Crippen LogP contribution is 2.34. The number of halogens is 2. The van der Waals surface area contributed by atoms with E-state index in [4.69, 9.17) is 16.7 Å². The fourth-order valence-corrected chi connectivity index (χ4v) is 4.36. The molecule has 1 aliphatic carbocycles. The molecule has 1 aromatic rings. The van der Waals surface area contributed by atoms with Gasteiger partial charge >= 0.3 is 5.97 Å². The van der Waals surface area contributed by atoms with Crippen LogP contribution in [0.5, 0.6) is 0 Å². The molecule has 0 saturated heterocycles. The van der Waals surface area contributed by atoms with Gasteiger partial charge in [0, 0.05) is 10.5 Å². The summed E-state index contributed by atoms with van der Waals surface area (Å²) in [5, 5.41) is 8.91. The minimum Gasteiger partial charge on any atom is -0.480 e. The minimum atomic E-state index is -3.88. The molecule has 8 heteroatoms. The van der Waals surface area contributed by atoms with Crippen molar-refractivity contribution in [3.63, 3.8) is 0 Å². The number of carbonyl (C=O) groups is 1. The number of benzene rings is 1. The number of nitrogens with zero attached hydrogens (tertiary/aromatic N) is 1. The lowest BCUT2D eigenvalue weighted by atomic mass is 10.4. The molecule has 0 aliphatic heterocycles. The minimum absolute atomic E-state index is 0.0643. The Labute approximate surface area is 124 Å². The lowest BCUT2D eigenvalue weighted by Crippen LogP contribution is -2.37. The molecule has 1 aromatic carbocycles. The summed E-state index contributed by atoms with van der Waals surface area (Å²) in [4.78, 5) is 10.7. The molecule has 0 heterocycles. The highest BCUT2D eigenvalue weighted by atomic mass is 79.9. The van der Waals surface area contributed by atoms with Crippen LogP contribution in [0.2, 0.25) is 5.02 Å². The SMILES string of the molecule is O=C(O)CN(C1CC1)S(=O)(=O)c1ccc(Br)cc1Cl. The van der Waals surface area contributed by atoms with Crippen LogP contribution in [0.4, 0.5) is 0 Å². The normalized spacial score (nSPS) is 15.7. The number of aliphatic carboxylic acids is 1. The van der Waals surface area contributed by atoms with Crippen LogP contribution in [0.25, 0.3) is 0 Å². The molecular formula is C11H11BrClNO4S. The Bertz CT molecular complexity index is 615. The maximum Gasteiger partial charge on any atom is 0.318 e. The summed E-state index contributed by atoms with van der Waals surface area (Å²) in [6.45, 7) is -0.542. The molecule has 0 aromatic heterocycles. The summed E-state index contributed by atoms with van der Waals surface area (Å²) in [5.74, 6) is -1.18. The lowest BCUT2D eigenvalue weighted by molar-refractivity contribution is -0.137. The first-order chi connectivity index (χ1) is 8.82. The van der Waals surface area contributed by atoms with E-state index in [1.807, 2.05) is 0 Å². The Morgan fingerprint density at radius 2 is 2.11 bits per heavy atom. The molecule has 1 N–H and O–H groups in total. The van der Waals surface area contributed by atoms with Crippen molar-refractivity contribution in [2.45, 2.75) is 23.8 Å². The zero-order valence-electron chi connectivity index (χ0n) is 9.71. The molecule has 1 fully saturated rings. The number of carboxylic acid groups (broad SMARTS) is 1. The summed E-state index contributed by atoms with van der Waals surface area (Å²) >= 11 is 9.13. The van der Waals surface area contributed by atoms with Gasteiger partial charge in [-0.25, -0.2) is 8.42 Å². The van der Waals surface area contributed by atoms with Crippen molar-refractivity contribution in [3.8, 4) is 0 Å². The Morgan fingerprint density at radius 3 is 2.58 bits per heavy atom. The fraction of sp³-hybridized carbons (Fsp3) is 0.364. The van der Waals surface area contributed by atoms with Gasteiger partial charge in [0.1, 0.15) is 11.4 Å². The van der Waals surface area contributed by atoms with Gasteiger partial charge in [-0.2, -0.15) is 4.31 Å². The largest absolute Gasteiger partial charge is 0.480 e. The van der Waals surface area contributed by atoms with Crippen molar-refractivity contribution in [2.75, 3.05) is 6.54 Å². The molecule has 5 nitrogen and oxygen atoms in total. The van der Waals surface area contributed by atoms with Crippen molar-refractivity contribution in [2.24, 2.45) is 0 Å². The Morgan fingerprint density at radius 1 is 1.47 bits per heavy atom. The van der Waals surface area contributed by atoms with Gasteiger partial charge in [0.05, 0.1) is 5.02 Å². The number of sulfonamides is 1. The lowest BCUT2D eigenvalue weighted by Gasteiger charge is -2.20. The van der Waals surface area contributed by atoms with Crippen molar-refractivity contribution < 1.29 is 18.3 Å². The predicted molar refractivity (Wildman–Crippen MR) is 73.7 cm³/mol. The third kappa shape index (κ3) is 3.28. The van der Waals surface area contributed by atoms with Gasteiger partial charge in [0.15, 0.2) is 0 Å². The first-order valence-electron chi connectivity index (χ1n) is 5.51. The first kappa shape index (κ1) is 14.8. The van der Waals surface area contributed by atoms with E-state index in [0.717, 1.165) is 4.31 Å². The van der Waals surface area contributed by atoms with Gasteiger partial charge in [0.25, 0.3) is 0 Å².